The minimum Gasteiger partial charge on any atom is -0.274 e. The van der Waals surface area contributed by atoms with E-state index >= 15 is 0 Å². The van der Waals surface area contributed by atoms with Crippen LogP contribution >= 0.6 is 0 Å². The van der Waals surface area contributed by atoms with Gasteiger partial charge in [-0.05, 0) is 19.1 Å². The lowest BCUT2D eigenvalue weighted by atomic mass is 10.1. The van der Waals surface area contributed by atoms with Crippen LogP contribution in [0.4, 0.5) is 5.69 Å². The molecule has 90 valence electrons. The number of amides is 2. The minimum atomic E-state index is -0.123. The number of aryl methyl sites for hydroxylation is 1. The Hall–Kier alpha value is -2.23. The lowest BCUT2D eigenvalue weighted by Gasteiger charge is -2.16. The van der Waals surface area contributed by atoms with Gasteiger partial charge in [0.05, 0.1) is 5.69 Å². The third-order valence-corrected chi connectivity index (χ3v) is 3.27. The lowest BCUT2D eigenvalue weighted by Crippen LogP contribution is -2.28. The van der Waals surface area contributed by atoms with Gasteiger partial charge in [0, 0.05) is 35.5 Å². The Balaban J connectivity index is 2.27. The third-order valence-electron chi connectivity index (χ3n) is 3.27. The van der Waals surface area contributed by atoms with Gasteiger partial charge in [0.25, 0.3) is 0 Å². The number of hydrogen-bond acceptors (Lipinski definition) is 3. The number of aromatic nitrogens is 1. The van der Waals surface area contributed by atoms with E-state index in [9.17, 15) is 9.59 Å². The molecule has 1 saturated heterocycles. The van der Waals surface area contributed by atoms with Crippen LogP contribution in [0.1, 0.15) is 18.5 Å². The largest absolute Gasteiger partial charge is 0.274 e. The Bertz CT molecular complexity index is 648. The summed E-state index contributed by atoms with van der Waals surface area (Å²) in [5.41, 5.74) is 1.57. The zero-order chi connectivity index (χ0) is 12.7. The number of carbonyl (C=O) groups is 2. The van der Waals surface area contributed by atoms with E-state index < -0.39 is 0 Å². The molecule has 2 heterocycles. The molecule has 0 saturated carbocycles. The number of benzene rings is 1. The molecule has 4 heteroatoms. The normalized spacial score (nSPS) is 15.7. The first-order valence-electron chi connectivity index (χ1n) is 5.88. The maximum absolute atomic E-state index is 11.8. The van der Waals surface area contributed by atoms with E-state index in [1.807, 2.05) is 31.2 Å². The smallest absolute Gasteiger partial charge is 0.234 e. The first-order chi connectivity index (χ1) is 8.68. The van der Waals surface area contributed by atoms with Crippen molar-refractivity contribution in [3.8, 4) is 0 Å². The highest BCUT2D eigenvalue weighted by Crippen LogP contribution is 2.31. The molecule has 1 aromatic carbocycles. The van der Waals surface area contributed by atoms with Gasteiger partial charge in [-0.2, -0.15) is 0 Å². The first kappa shape index (κ1) is 10.9. The number of hydrogen-bond donors (Lipinski definition) is 0. The zero-order valence-electron chi connectivity index (χ0n) is 10.0. The van der Waals surface area contributed by atoms with Crippen LogP contribution in [0.5, 0.6) is 0 Å². The minimum absolute atomic E-state index is 0.123. The highest BCUT2D eigenvalue weighted by atomic mass is 16.2. The van der Waals surface area contributed by atoms with Gasteiger partial charge < -0.3 is 0 Å². The molecule has 1 aliphatic heterocycles. The van der Waals surface area contributed by atoms with Crippen LogP contribution in [0.2, 0.25) is 0 Å². The number of imide groups is 1. The van der Waals surface area contributed by atoms with Gasteiger partial charge in [0.15, 0.2) is 0 Å². The Kier molecular flexibility index (Phi) is 2.37. The Labute approximate surface area is 104 Å². The molecule has 0 N–H and O–H groups in total. The van der Waals surface area contributed by atoms with Crippen molar-refractivity contribution in [2.75, 3.05) is 4.90 Å². The second-order valence-electron chi connectivity index (χ2n) is 4.39. The molecule has 4 nitrogen and oxygen atoms in total. The highest BCUT2D eigenvalue weighted by molar-refractivity contribution is 6.23. The van der Waals surface area contributed by atoms with E-state index in [0.717, 1.165) is 16.5 Å². The number of carbonyl (C=O) groups excluding carboxylic acids is 2. The molecule has 0 atom stereocenters. The number of pyridine rings is 1. The monoisotopic (exact) mass is 240 g/mol. The van der Waals surface area contributed by atoms with Gasteiger partial charge in [-0.25, -0.2) is 4.90 Å². The van der Waals surface area contributed by atoms with Crippen molar-refractivity contribution in [2.45, 2.75) is 19.8 Å². The van der Waals surface area contributed by atoms with Crippen molar-refractivity contribution in [1.29, 1.82) is 0 Å². The van der Waals surface area contributed by atoms with Crippen LogP contribution in [0, 0.1) is 6.92 Å². The molecule has 0 spiro atoms. The topological polar surface area (TPSA) is 50.3 Å². The fourth-order valence-corrected chi connectivity index (χ4v) is 2.38. The van der Waals surface area contributed by atoms with Crippen molar-refractivity contribution in [1.82, 2.24) is 4.98 Å². The van der Waals surface area contributed by atoms with Crippen LogP contribution in [0.25, 0.3) is 10.8 Å². The van der Waals surface area contributed by atoms with Gasteiger partial charge in [-0.1, -0.05) is 12.1 Å². The number of anilines is 1. The molecular formula is C14H12N2O2. The summed E-state index contributed by atoms with van der Waals surface area (Å²) in [5.74, 6) is -0.246. The molecule has 18 heavy (non-hydrogen) atoms. The molecule has 2 amide bonds. The van der Waals surface area contributed by atoms with Gasteiger partial charge in [0.2, 0.25) is 11.8 Å². The standard InChI is InChI=1S/C14H12N2O2/c1-9-10-3-2-4-12(11(10)7-8-15-9)16-13(17)5-6-14(16)18/h2-4,7-8H,5-6H2,1H3. The number of fused-ring (bicyclic) bond motifs is 1. The van der Waals surface area contributed by atoms with E-state index in [2.05, 4.69) is 4.98 Å². The van der Waals surface area contributed by atoms with E-state index in [0.29, 0.717) is 18.5 Å². The van der Waals surface area contributed by atoms with Crippen molar-refractivity contribution in [3.05, 3.63) is 36.2 Å². The molecule has 0 aliphatic carbocycles. The van der Waals surface area contributed by atoms with E-state index in [1.54, 1.807) is 6.20 Å². The van der Waals surface area contributed by atoms with Crippen molar-refractivity contribution >= 4 is 28.3 Å². The first-order valence-corrected chi connectivity index (χ1v) is 5.88. The molecule has 0 unspecified atom stereocenters. The summed E-state index contributed by atoms with van der Waals surface area (Å²) in [6, 6.07) is 7.46. The molecule has 1 fully saturated rings. The van der Waals surface area contributed by atoms with Crippen molar-refractivity contribution in [2.24, 2.45) is 0 Å². The summed E-state index contributed by atoms with van der Waals surface area (Å²) in [5, 5.41) is 1.87. The second-order valence-corrected chi connectivity index (χ2v) is 4.39. The Morgan fingerprint density at radius 1 is 1.06 bits per heavy atom. The van der Waals surface area contributed by atoms with Crippen molar-refractivity contribution in [3.63, 3.8) is 0 Å². The van der Waals surface area contributed by atoms with Crippen LogP contribution in [-0.2, 0) is 9.59 Å². The maximum Gasteiger partial charge on any atom is 0.234 e. The average molecular weight is 240 g/mol. The fourth-order valence-electron chi connectivity index (χ4n) is 2.38. The molecule has 1 aliphatic rings. The second kappa shape index (κ2) is 3.91. The summed E-state index contributed by atoms with van der Waals surface area (Å²) in [7, 11) is 0. The predicted molar refractivity (Wildman–Crippen MR) is 68.2 cm³/mol. The summed E-state index contributed by atoms with van der Waals surface area (Å²) < 4.78 is 0. The highest BCUT2D eigenvalue weighted by Gasteiger charge is 2.31. The van der Waals surface area contributed by atoms with Gasteiger partial charge in [0.1, 0.15) is 0 Å². The van der Waals surface area contributed by atoms with E-state index in [-0.39, 0.29) is 11.8 Å². The van der Waals surface area contributed by atoms with Gasteiger partial charge in [-0.3, -0.25) is 14.6 Å². The number of rotatable bonds is 1. The molecule has 1 aromatic heterocycles. The molecular weight excluding hydrogens is 228 g/mol. The fraction of sp³-hybridized carbons (Fsp3) is 0.214. The van der Waals surface area contributed by atoms with Gasteiger partial charge >= 0.3 is 0 Å². The third kappa shape index (κ3) is 1.49. The Morgan fingerprint density at radius 3 is 2.50 bits per heavy atom. The molecule has 0 bridgehead atoms. The predicted octanol–water partition coefficient (Wildman–Crippen LogP) is 2.20. The SMILES string of the molecule is Cc1nccc2c(N3C(=O)CCC3=O)cccc12. The summed E-state index contributed by atoms with van der Waals surface area (Å²) in [6.07, 6.45) is 2.31. The summed E-state index contributed by atoms with van der Waals surface area (Å²) >= 11 is 0. The van der Waals surface area contributed by atoms with Crippen LogP contribution in [0.3, 0.4) is 0 Å². The average Bonchev–Trinajstić information content (AvgIpc) is 2.69. The summed E-state index contributed by atoms with van der Waals surface area (Å²) in [4.78, 5) is 29.1. The van der Waals surface area contributed by atoms with Crippen LogP contribution in [0.15, 0.2) is 30.5 Å². The summed E-state index contributed by atoms with van der Waals surface area (Å²) in [6.45, 7) is 1.92. The van der Waals surface area contributed by atoms with E-state index in [1.165, 1.54) is 4.90 Å². The van der Waals surface area contributed by atoms with Crippen molar-refractivity contribution < 1.29 is 9.59 Å². The molecule has 3 rings (SSSR count). The molecule has 0 radical (unpaired) electrons. The van der Waals surface area contributed by atoms with Crippen LogP contribution < -0.4 is 4.90 Å². The number of nitrogens with zero attached hydrogens (tertiary/aromatic N) is 2. The maximum atomic E-state index is 11.8. The molecule has 2 aromatic rings. The lowest BCUT2D eigenvalue weighted by molar-refractivity contribution is -0.121. The zero-order valence-corrected chi connectivity index (χ0v) is 10.0. The van der Waals surface area contributed by atoms with Gasteiger partial charge in [-0.15, -0.1) is 0 Å². The Morgan fingerprint density at radius 2 is 1.78 bits per heavy atom. The quantitative estimate of drug-likeness (QED) is 0.718. The van der Waals surface area contributed by atoms with E-state index in [4.69, 9.17) is 0 Å². The van der Waals surface area contributed by atoms with Crippen LogP contribution in [-0.4, -0.2) is 16.8 Å².